The van der Waals surface area contributed by atoms with E-state index >= 15 is 0 Å². The van der Waals surface area contributed by atoms with E-state index in [9.17, 15) is 4.79 Å². The molecule has 2 aliphatic carbocycles. The van der Waals surface area contributed by atoms with Crippen LogP contribution in [0.1, 0.15) is 93.4 Å². The molecule has 0 aromatic heterocycles. The van der Waals surface area contributed by atoms with Crippen LogP contribution < -0.4 is 0 Å². The van der Waals surface area contributed by atoms with Gasteiger partial charge in [-0.25, -0.2) is 0 Å². The fourth-order valence-corrected chi connectivity index (χ4v) is 7.61. The zero-order valence-electron chi connectivity index (χ0n) is 23.7. The summed E-state index contributed by atoms with van der Waals surface area (Å²) in [6, 6.07) is 0. The summed E-state index contributed by atoms with van der Waals surface area (Å²) in [5.41, 5.74) is 0. The first-order valence-electron chi connectivity index (χ1n) is 13.5. The lowest BCUT2D eigenvalue weighted by molar-refractivity contribution is -0.118. The molecule has 0 radical (unpaired) electrons. The van der Waals surface area contributed by atoms with Crippen molar-refractivity contribution in [2.24, 2.45) is 17.8 Å². The highest BCUT2D eigenvalue weighted by molar-refractivity contribution is 6.74. The van der Waals surface area contributed by atoms with Gasteiger partial charge >= 0.3 is 0 Å². The van der Waals surface area contributed by atoms with E-state index < -0.39 is 16.6 Å². The van der Waals surface area contributed by atoms with Crippen LogP contribution in [-0.2, 0) is 13.6 Å². The summed E-state index contributed by atoms with van der Waals surface area (Å²) in [4.78, 5) is 12.3. The van der Waals surface area contributed by atoms with Crippen molar-refractivity contribution >= 4 is 22.4 Å². The number of rotatable bonds is 10. The van der Waals surface area contributed by atoms with E-state index in [2.05, 4.69) is 86.8 Å². The Labute approximate surface area is 207 Å². The van der Waals surface area contributed by atoms with E-state index in [4.69, 9.17) is 8.85 Å². The third kappa shape index (κ3) is 7.38. The monoisotopic (exact) mass is 494 g/mol. The van der Waals surface area contributed by atoms with Crippen molar-refractivity contribution in [3.05, 3.63) is 12.2 Å². The summed E-state index contributed by atoms with van der Waals surface area (Å²) in [6.07, 6.45) is 12.5. The number of hydrogen-bond donors (Lipinski definition) is 0. The van der Waals surface area contributed by atoms with Gasteiger partial charge in [0.2, 0.25) is 0 Å². The van der Waals surface area contributed by atoms with Crippen LogP contribution in [0.25, 0.3) is 0 Å². The Morgan fingerprint density at radius 3 is 2.12 bits per heavy atom. The minimum Gasteiger partial charge on any atom is -0.413 e. The van der Waals surface area contributed by atoms with Gasteiger partial charge in [0, 0.05) is 18.8 Å². The quantitative estimate of drug-likeness (QED) is 0.173. The third-order valence-corrected chi connectivity index (χ3v) is 18.2. The number of unbranched alkanes of at least 4 members (excludes halogenated alkanes) is 2. The first kappa shape index (κ1) is 29.0. The lowest BCUT2D eigenvalue weighted by Gasteiger charge is -2.40. The number of fused-ring (bicyclic) bond motifs is 1. The first-order chi connectivity index (χ1) is 15.0. The summed E-state index contributed by atoms with van der Waals surface area (Å²) in [7, 11) is -3.72. The molecule has 0 saturated heterocycles. The maximum Gasteiger partial charge on any atom is 0.192 e. The predicted molar refractivity (Wildman–Crippen MR) is 147 cm³/mol. The van der Waals surface area contributed by atoms with E-state index in [0.717, 1.165) is 25.7 Å². The van der Waals surface area contributed by atoms with Crippen LogP contribution in [0.3, 0.4) is 0 Å². The highest BCUT2D eigenvalue weighted by Gasteiger charge is 2.50. The molecule has 0 bridgehead atoms. The SMILES string of the molecule is CCCCC[C@@H](/C=C/[C@@H]1[C@H]2CC(=O)C[C@H]2C[C@H]1O[Si](C)(C)C(C)(C)C)O[Si](C)(C)C(C)(C)C. The van der Waals surface area contributed by atoms with Crippen molar-refractivity contribution in [3.63, 3.8) is 0 Å². The average Bonchev–Trinajstić information content (AvgIpc) is 3.12. The Hall–Kier alpha value is -0.236. The summed E-state index contributed by atoms with van der Waals surface area (Å²) in [5, 5.41) is 0.400. The highest BCUT2D eigenvalue weighted by atomic mass is 28.4. The Morgan fingerprint density at radius 2 is 1.58 bits per heavy atom. The molecule has 0 aliphatic heterocycles. The number of carbonyl (C=O) groups is 1. The van der Waals surface area contributed by atoms with E-state index in [0.29, 0.717) is 23.5 Å². The maximum atomic E-state index is 12.3. The molecule has 3 nitrogen and oxygen atoms in total. The Balaban J connectivity index is 2.26. The van der Waals surface area contributed by atoms with Crippen LogP contribution >= 0.6 is 0 Å². The predicted octanol–water partition coefficient (Wildman–Crippen LogP) is 8.52. The smallest absolute Gasteiger partial charge is 0.192 e. The molecule has 0 unspecified atom stereocenters. The molecule has 0 aromatic rings. The van der Waals surface area contributed by atoms with Crippen LogP contribution in [0.4, 0.5) is 0 Å². The average molecular weight is 495 g/mol. The van der Waals surface area contributed by atoms with E-state index in [-0.39, 0.29) is 22.3 Å². The van der Waals surface area contributed by atoms with Gasteiger partial charge in [-0.15, -0.1) is 0 Å². The summed E-state index contributed by atoms with van der Waals surface area (Å²) in [6.45, 7) is 25.6. The van der Waals surface area contributed by atoms with Gasteiger partial charge in [0.15, 0.2) is 16.6 Å². The van der Waals surface area contributed by atoms with Crippen molar-refractivity contribution in [3.8, 4) is 0 Å². The van der Waals surface area contributed by atoms with Crippen LogP contribution in [0, 0.1) is 17.8 Å². The van der Waals surface area contributed by atoms with E-state index in [1.807, 2.05) is 0 Å². The Morgan fingerprint density at radius 1 is 0.970 bits per heavy atom. The molecule has 0 N–H and O–H groups in total. The Kier molecular flexibility index (Phi) is 9.49. The van der Waals surface area contributed by atoms with Gasteiger partial charge in [0.1, 0.15) is 5.78 Å². The molecule has 0 amide bonds. The lowest BCUT2D eigenvalue weighted by atomic mass is 9.90. The second-order valence-electron chi connectivity index (χ2n) is 13.9. The molecule has 0 aromatic carbocycles. The van der Waals surface area contributed by atoms with Crippen LogP contribution in [0.5, 0.6) is 0 Å². The fraction of sp³-hybridized carbons (Fsp3) is 0.893. The molecule has 192 valence electrons. The summed E-state index contributed by atoms with van der Waals surface area (Å²) < 4.78 is 13.9. The standard InChI is InChI=1S/C28H54O3Si2/c1-12-13-14-15-23(30-32(8,9)27(2,3)4)16-17-24-25-20-22(29)18-21(25)19-26(24)31-33(10,11)28(5,6)7/h16-17,21,23-26H,12-15,18-20H2,1-11H3/b17-16+/t21-,23-,24+,25-,26+/m0/s1. The first-order valence-corrected chi connectivity index (χ1v) is 19.4. The van der Waals surface area contributed by atoms with E-state index in [1.54, 1.807) is 0 Å². The molecular formula is C28H54O3Si2. The molecule has 5 heteroatoms. The molecule has 0 spiro atoms. The van der Waals surface area contributed by atoms with Crippen LogP contribution in [0.2, 0.25) is 36.3 Å². The minimum atomic E-state index is -1.87. The topological polar surface area (TPSA) is 35.5 Å². The lowest BCUT2D eigenvalue weighted by Crippen LogP contribution is -2.45. The molecule has 0 heterocycles. The minimum absolute atomic E-state index is 0.169. The summed E-state index contributed by atoms with van der Waals surface area (Å²) in [5.74, 6) is 1.74. The number of hydrogen-bond acceptors (Lipinski definition) is 3. The Bertz CT molecular complexity index is 684. The fourth-order valence-electron chi connectivity index (χ4n) is 4.94. The zero-order valence-corrected chi connectivity index (χ0v) is 25.7. The molecule has 33 heavy (non-hydrogen) atoms. The van der Waals surface area contributed by atoms with Gasteiger partial charge < -0.3 is 8.85 Å². The maximum absolute atomic E-state index is 12.3. The van der Waals surface area contributed by atoms with Crippen LogP contribution in [0.15, 0.2) is 12.2 Å². The van der Waals surface area contributed by atoms with Crippen molar-refractivity contribution in [1.29, 1.82) is 0 Å². The number of Topliss-reactive ketones (excluding diaryl/α,β-unsaturated/α-hetero) is 1. The van der Waals surface area contributed by atoms with Crippen LogP contribution in [-0.4, -0.2) is 34.6 Å². The molecular weight excluding hydrogens is 440 g/mol. The number of carbonyl (C=O) groups excluding carboxylic acids is 1. The molecule has 2 saturated carbocycles. The van der Waals surface area contributed by atoms with Gasteiger partial charge in [-0.05, 0) is 60.9 Å². The second-order valence-corrected chi connectivity index (χ2v) is 23.4. The summed E-state index contributed by atoms with van der Waals surface area (Å²) >= 11 is 0. The molecule has 2 rings (SSSR count). The van der Waals surface area contributed by atoms with Gasteiger partial charge in [-0.3, -0.25) is 4.79 Å². The normalized spacial score (nSPS) is 28.0. The highest BCUT2D eigenvalue weighted by Crippen LogP contribution is 2.50. The van der Waals surface area contributed by atoms with Crippen molar-refractivity contribution in [2.75, 3.05) is 0 Å². The third-order valence-electron chi connectivity index (χ3n) is 9.16. The van der Waals surface area contributed by atoms with Gasteiger partial charge in [-0.2, -0.15) is 0 Å². The molecule has 2 fully saturated rings. The van der Waals surface area contributed by atoms with Gasteiger partial charge in [0.25, 0.3) is 0 Å². The van der Waals surface area contributed by atoms with E-state index in [1.165, 1.54) is 19.3 Å². The van der Waals surface area contributed by atoms with Crippen molar-refractivity contribution in [2.45, 2.75) is 142 Å². The molecule has 2 aliphatic rings. The zero-order chi connectivity index (χ0) is 25.2. The number of ketones is 1. The largest absolute Gasteiger partial charge is 0.413 e. The van der Waals surface area contributed by atoms with Gasteiger partial charge in [-0.1, -0.05) is 79.9 Å². The van der Waals surface area contributed by atoms with Crippen molar-refractivity contribution < 1.29 is 13.6 Å². The van der Waals surface area contributed by atoms with Gasteiger partial charge in [0.05, 0.1) is 12.2 Å². The molecule has 5 atom stereocenters. The van der Waals surface area contributed by atoms with Crippen molar-refractivity contribution in [1.82, 2.24) is 0 Å². The second kappa shape index (κ2) is 10.8.